The predicted octanol–water partition coefficient (Wildman–Crippen LogP) is 3.48. The molecule has 1 atom stereocenters. The molecule has 0 aromatic heterocycles. The zero-order valence-electron chi connectivity index (χ0n) is 12.8. The number of nitrogens with zero attached hydrogens (tertiary/aromatic N) is 2. The van der Waals surface area contributed by atoms with Crippen LogP contribution >= 0.6 is 0 Å². The third kappa shape index (κ3) is 3.18. The van der Waals surface area contributed by atoms with Crippen molar-refractivity contribution in [3.05, 3.63) is 60.2 Å². The molecule has 5 nitrogen and oxygen atoms in total. The van der Waals surface area contributed by atoms with Crippen LogP contribution in [0.1, 0.15) is 24.9 Å². The Morgan fingerprint density at radius 2 is 1.91 bits per heavy atom. The highest BCUT2D eigenvalue weighted by molar-refractivity contribution is 6.36. The number of carboxylic acids is 1. The van der Waals surface area contributed by atoms with Crippen LogP contribution in [0.2, 0.25) is 0 Å². The van der Waals surface area contributed by atoms with Crippen LogP contribution in [0, 0.1) is 0 Å². The molecule has 1 aliphatic rings. The van der Waals surface area contributed by atoms with Crippen molar-refractivity contribution in [2.45, 2.75) is 19.4 Å². The maximum Gasteiger partial charge on any atom is 0.352 e. The van der Waals surface area contributed by atoms with Crippen molar-refractivity contribution in [2.75, 3.05) is 11.6 Å². The summed E-state index contributed by atoms with van der Waals surface area (Å²) in [5.74, 6) is -0.187. The van der Waals surface area contributed by atoms with E-state index in [0.29, 0.717) is 13.0 Å². The topological polar surface area (TPSA) is 62.1 Å². The zero-order valence-corrected chi connectivity index (χ0v) is 12.8. The Kier molecular flexibility index (Phi) is 4.28. The maximum atomic E-state index is 11.3. The number of anilines is 1. The molecule has 0 saturated carbocycles. The van der Waals surface area contributed by atoms with Crippen LogP contribution in [0.15, 0.2) is 59.7 Å². The van der Waals surface area contributed by atoms with Gasteiger partial charge in [-0.3, -0.25) is 5.01 Å². The summed E-state index contributed by atoms with van der Waals surface area (Å²) in [7, 11) is 0. The van der Waals surface area contributed by atoms with Crippen LogP contribution in [0.5, 0.6) is 5.75 Å². The van der Waals surface area contributed by atoms with E-state index >= 15 is 0 Å². The second-order valence-electron chi connectivity index (χ2n) is 5.25. The molecule has 3 rings (SSSR count). The number of rotatable bonds is 5. The van der Waals surface area contributed by atoms with Gasteiger partial charge in [0.05, 0.1) is 18.3 Å². The van der Waals surface area contributed by atoms with Crippen LogP contribution < -0.4 is 9.75 Å². The van der Waals surface area contributed by atoms with E-state index in [1.54, 1.807) is 5.01 Å². The van der Waals surface area contributed by atoms with Crippen molar-refractivity contribution in [2.24, 2.45) is 5.10 Å². The normalized spacial score (nSPS) is 17.0. The Bertz CT molecular complexity index is 711. The van der Waals surface area contributed by atoms with E-state index < -0.39 is 5.97 Å². The van der Waals surface area contributed by atoms with Crippen molar-refractivity contribution in [1.29, 1.82) is 0 Å². The van der Waals surface area contributed by atoms with Crippen LogP contribution in [0.25, 0.3) is 0 Å². The molecule has 1 N–H and O–H groups in total. The molecule has 2 aromatic rings. The summed E-state index contributed by atoms with van der Waals surface area (Å²) in [6.45, 7) is 2.54. The molecular formula is C18H18N2O3. The van der Waals surface area contributed by atoms with Gasteiger partial charge in [0, 0.05) is 6.42 Å². The number of hydrazone groups is 1. The molecule has 1 heterocycles. The Morgan fingerprint density at radius 3 is 2.52 bits per heavy atom. The van der Waals surface area contributed by atoms with E-state index in [4.69, 9.17) is 4.74 Å². The van der Waals surface area contributed by atoms with Gasteiger partial charge in [-0.25, -0.2) is 4.79 Å². The predicted molar refractivity (Wildman–Crippen MR) is 89.0 cm³/mol. The van der Waals surface area contributed by atoms with E-state index in [0.717, 1.165) is 17.0 Å². The average molecular weight is 310 g/mol. The Labute approximate surface area is 134 Å². The van der Waals surface area contributed by atoms with E-state index in [1.165, 1.54) is 0 Å². The minimum atomic E-state index is -0.973. The minimum Gasteiger partial charge on any atom is -0.494 e. The van der Waals surface area contributed by atoms with Gasteiger partial charge in [0.2, 0.25) is 0 Å². The quantitative estimate of drug-likeness (QED) is 0.918. The summed E-state index contributed by atoms with van der Waals surface area (Å²) in [4.78, 5) is 11.3. The smallest absolute Gasteiger partial charge is 0.352 e. The fourth-order valence-electron chi connectivity index (χ4n) is 2.67. The summed E-state index contributed by atoms with van der Waals surface area (Å²) in [5, 5.41) is 15.4. The third-order valence-electron chi connectivity index (χ3n) is 3.75. The van der Waals surface area contributed by atoms with Crippen molar-refractivity contribution < 1.29 is 14.6 Å². The SMILES string of the molecule is CCOc1ccc(N2N=C(C(=O)O)C[C@@H]2c2ccccc2)cc1. The lowest BCUT2D eigenvalue weighted by molar-refractivity contribution is -0.129. The molecule has 1 aliphatic heterocycles. The standard InChI is InChI=1S/C18H18N2O3/c1-2-23-15-10-8-14(9-11-15)20-17(12-16(19-20)18(21)22)13-6-4-3-5-7-13/h3-11,17H,2,12H2,1H3,(H,21,22)/t17-/m1/s1. The van der Waals surface area contributed by atoms with Crippen molar-refractivity contribution >= 4 is 17.4 Å². The monoisotopic (exact) mass is 310 g/mol. The van der Waals surface area contributed by atoms with Gasteiger partial charge in [0.15, 0.2) is 0 Å². The van der Waals surface area contributed by atoms with E-state index in [2.05, 4.69) is 5.10 Å². The molecule has 0 radical (unpaired) electrons. The van der Waals surface area contributed by atoms with Gasteiger partial charge >= 0.3 is 5.97 Å². The summed E-state index contributed by atoms with van der Waals surface area (Å²) in [6, 6.07) is 17.3. The fraction of sp³-hybridized carbons (Fsp3) is 0.222. The molecule has 0 amide bonds. The van der Waals surface area contributed by atoms with Gasteiger partial charge in [-0.15, -0.1) is 0 Å². The minimum absolute atomic E-state index is 0.111. The number of hydrogen-bond acceptors (Lipinski definition) is 4. The van der Waals surface area contributed by atoms with Crippen molar-refractivity contribution in [3.63, 3.8) is 0 Å². The molecule has 2 aromatic carbocycles. The summed E-state index contributed by atoms with van der Waals surface area (Å²) >= 11 is 0. The van der Waals surface area contributed by atoms with Crippen LogP contribution in [0.4, 0.5) is 5.69 Å². The fourth-order valence-corrected chi connectivity index (χ4v) is 2.67. The number of aliphatic carboxylic acids is 1. The summed E-state index contributed by atoms with van der Waals surface area (Å²) < 4.78 is 5.45. The molecule has 0 saturated heterocycles. The maximum absolute atomic E-state index is 11.3. The molecular weight excluding hydrogens is 292 g/mol. The largest absolute Gasteiger partial charge is 0.494 e. The second kappa shape index (κ2) is 6.52. The molecule has 0 unspecified atom stereocenters. The number of hydrogen-bond donors (Lipinski definition) is 1. The van der Waals surface area contributed by atoms with Crippen molar-refractivity contribution in [1.82, 2.24) is 0 Å². The molecule has 0 bridgehead atoms. The highest BCUT2D eigenvalue weighted by atomic mass is 16.5. The van der Waals surface area contributed by atoms with E-state index in [1.807, 2.05) is 61.5 Å². The van der Waals surface area contributed by atoms with Gasteiger partial charge in [-0.2, -0.15) is 5.10 Å². The van der Waals surface area contributed by atoms with Gasteiger partial charge in [0.1, 0.15) is 11.5 Å². The highest BCUT2D eigenvalue weighted by Gasteiger charge is 2.32. The second-order valence-corrected chi connectivity index (χ2v) is 5.25. The first-order valence-corrected chi connectivity index (χ1v) is 7.57. The lowest BCUT2D eigenvalue weighted by Crippen LogP contribution is -2.18. The average Bonchev–Trinajstić information content (AvgIpc) is 3.02. The van der Waals surface area contributed by atoms with Gasteiger partial charge < -0.3 is 9.84 Å². The first-order valence-electron chi connectivity index (χ1n) is 7.57. The van der Waals surface area contributed by atoms with Crippen LogP contribution in [0.3, 0.4) is 0 Å². The first kappa shape index (κ1) is 15.1. The molecule has 23 heavy (non-hydrogen) atoms. The van der Waals surface area contributed by atoms with Gasteiger partial charge in [-0.1, -0.05) is 30.3 Å². The lowest BCUT2D eigenvalue weighted by Gasteiger charge is -2.24. The Balaban J connectivity index is 1.93. The van der Waals surface area contributed by atoms with Gasteiger partial charge in [-0.05, 0) is 36.8 Å². The summed E-state index contributed by atoms with van der Waals surface area (Å²) in [5.41, 5.74) is 2.06. The molecule has 0 aliphatic carbocycles. The molecule has 5 heteroatoms. The van der Waals surface area contributed by atoms with E-state index in [-0.39, 0.29) is 11.8 Å². The van der Waals surface area contributed by atoms with Crippen LogP contribution in [-0.4, -0.2) is 23.4 Å². The molecule has 0 fully saturated rings. The van der Waals surface area contributed by atoms with E-state index in [9.17, 15) is 9.90 Å². The van der Waals surface area contributed by atoms with Gasteiger partial charge in [0.25, 0.3) is 0 Å². The van der Waals surface area contributed by atoms with Crippen LogP contribution in [-0.2, 0) is 4.79 Å². The molecule has 118 valence electrons. The van der Waals surface area contributed by atoms with Crippen molar-refractivity contribution in [3.8, 4) is 5.75 Å². The Hall–Kier alpha value is -2.82. The third-order valence-corrected chi connectivity index (χ3v) is 3.75. The first-order chi connectivity index (χ1) is 11.2. The highest BCUT2D eigenvalue weighted by Crippen LogP contribution is 2.35. The zero-order chi connectivity index (χ0) is 16.2. The number of carboxylic acid groups (broad SMARTS) is 1. The lowest BCUT2D eigenvalue weighted by atomic mass is 10.0. The number of ether oxygens (including phenoxy) is 1. The Morgan fingerprint density at radius 1 is 1.22 bits per heavy atom. The molecule has 0 spiro atoms. The summed E-state index contributed by atoms with van der Waals surface area (Å²) in [6.07, 6.45) is 0.382. The number of carbonyl (C=O) groups is 1. The number of benzene rings is 2.